The number of carbonyl (C=O) groups excluding carboxylic acids is 2. The number of halogens is 1. The molecular formula is C17H20FNO4. The Kier molecular flexibility index (Phi) is 4.50. The van der Waals surface area contributed by atoms with Gasteiger partial charge in [0.15, 0.2) is 0 Å². The molecule has 1 aliphatic heterocycles. The van der Waals surface area contributed by atoms with E-state index in [2.05, 4.69) is 0 Å². The SMILES string of the molecule is COC(=O)[C@@H]1[C@@H]2C[C@H](F)C[C@@H]2CN1C(=O)OCc1ccccc1. The molecular weight excluding hydrogens is 301 g/mol. The molecule has 5 nitrogen and oxygen atoms in total. The molecule has 3 rings (SSSR count). The minimum Gasteiger partial charge on any atom is -0.467 e. The molecule has 0 radical (unpaired) electrons. The fraction of sp³-hybridized carbons (Fsp3) is 0.529. The number of hydrogen-bond donors (Lipinski definition) is 0. The number of esters is 1. The van der Waals surface area contributed by atoms with Crippen LogP contribution in [0.1, 0.15) is 18.4 Å². The van der Waals surface area contributed by atoms with Gasteiger partial charge in [-0.05, 0) is 30.2 Å². The quantitative estimate of drug-likeness (QED) is 0.803. The Hall–Kier alpha value is -2.11. The number of alkyl halides is 1. The number of benzene rings is 1. The summed E-state index contributed by atoms with van der Waals surface area (Å²) < 4.78 is 23.7. The van der Waals surface area contributed by atoms with Crippen molar-refractivity contribution in [3.63, 3.8) is 0 Å². The van der Waals surface area contributed by atoms with Gasteiger partial charge in [0.1, 0.15) is 18.8 Å². The van der Waals surface area contributed by atoms with Crippen molar-refractivity contribution in [3.05, 3.63) is 35.9 Å². The standard InChI is InChI=1S/C17H20FNO4/c1-22-16(20)15-14-8-13(18)7-12(14)9-19(15)17(21)23-10-11-5-3-2-4-6-11/h2-6,12-15H,7-10H2,1H3/t12-,13-,14-,15+/m1/s1. The highest BCUT2D eigenvalue weighted by molar-refractivity contribution is 5.82. The summed E-state index contributed by atoms with van der Waals surface area (Å²) in [6.07, 6.45) is -0.762. The number of amides is 1. The van der Waals surface area contributed by atoms with Crippen LogP contribution in [0.2, 0.25) is 0 Å². The largest absolute Gasteiger partial charge is 0.467 e. The molecule has 6 heteroatoms. The maximum absolute atomic E-state index is 13.6. The highest BCUT2D eigenvalue weighted by Gasteiger charge is 2.53. The first-order chi connectivity index (χ1) is 11.1. The van der Waals surface area contributed by atoms with Gasteiger partial charge in [0.25, 0.3) is 0 Å². The molecule has 2 fully saturated rings. The summed E-state index contributed by atoms with van der Waals surface area (Å²) in [6.45, 7) is 0.490. The molecule has 4 atom stereocenters. The average molecular weight is 321 g/mol. The van der Waals surface area contributed by atoms with Crippen molar-refractivity contribution in [3.8, 4) is 0 Å². The molecule has 1 aromatic rings. The monoisotopic (exact) mass is 321 g/mol. The third-order valence-corrected chi connectivity index (χ3v) is 4.75. The Morgan fingerprint density at radius 2 is 2.00 bits per heavy atom. The summed E-state index contributed by atoms with van der Waals surface area (Å²) in [4.78, 5) is 25.8. The van der Waals surface area contributed by atoms with Crippen LogP contribution in [0.4, 0.5) is 9.18 Å². The normalized spacial score (nSPS) is 29.2. The van der Waals surface area contributed by atoms with E-state index in [1.807, 2.05) is 30.3 Å². The number of methoxy groups -OCH3 is 1. The van der Waals surface area contributed by atoms with Crippen LogP contribution in [0.15, 0.2) is 30.3 Å². The molecule has 1 aromatic carbocycles. The molecule has 0 aromatic heterocycles. The van der Waals surface area contributed by atoms with Gasteiger partial charge in [-0.25, -0.2) is 14.0 Å². The maximum Gasteiger partial charge on any atom is 0.410 e. The van der Waals surface area contributed by atoms with Crippen LogP contribution >= 0.6 is 0 Å². The Morgan fingerprint density at radius 3 is 2.70 bits per heavy atom. The van der Waals surface area contributed by atoms with E-state index in [0.717, 1.165) is 5.56 Å². The van der Waals surface area contributed by atoms with Crippen LogP contribution in [0.25, 0.3) is 0 Å². The van der Waals surface area contributed by atoms with E-state index in [9.17, 15) is 14.0 Å². The number of nitrogens with zero attached hydrogens (tertiary/aromatic N) is 1. The Morgan fingerprint density at radius 1 is 1.26 bits per heavy atom. The molecule has 23 heavy (non-hydrogen) atoms. The van der Waals surface area contributed by atoms with Crippen LogP contribution < -0.4 is 0 Å². The summed E-state index contributed by atoms with van der Waals surface area (Å²) in [5.41, 5.74) is 0.874. The second-order valence-corrected chi connectivity index (χ2v) is 6.15. The van der Waals surface area contributed by atoms with Crippen molar-refractivity contribution in [2.75, 3.05) is 13.7 Å². The molecule has 0 unspecified atom stereocenters. The molecule has 1 saturated carbocycles. The summed E-state index contributed by atoms with van der Waals surface area (Å²) in [7, 11) is 1.28. The molecule has 0 N–H and O–H groups in total. The van der Waals surface area contributed by atoms with E-state index in [0.29, 0.717) is 19.4 Å². The first-order valence-electron chi connectivity index (χ1n) is 7.79. The van der Waals surface area contributed by atoms with Crippen molar-refractivity contribution in [2.24, 2.45) is 11.8 Å². The van der Waals surface area contributed by atoms with Crippen molar-refractivity contribution in [2.45, 2.75) is 31.7 Å². The number of hydrogen-bond acceptors (Lipinski definition) is 4. The molecule has 2 aliphatic rings. The van der Waals surface area contributed by atoms with E-state index >= 15 is 0 Å². The third kappa shape index (κ3) is 3.16. The number of carbonyl (C=O) groups is 2. The number of fused-ring (bicyclic) bond motifs is 1. The smallest absolute Gasteiger partial charge is 0.410 e. The minimum atomic E-state index is -0.903. The van der Waals surface area contributed by atoms with Crippen LogP contribution in [-0.2, 0) is 20.9 Å². The van der Waals surface area contributed by atoms with Gasteiger partial charge in [-0.1, -0.05) is 30.3 Å². The van der Waals surface area contributed by atoms with E-state index in [1.54, 1.807) is 0 Å². The molecule has 1 heterocycles. The van der Waals surface area contributed by atoms with Gasteiger partial charge in [0, 0.05) is 6.54 Å². The van der Waals surface area contributed by atoms with E-state index in [1.165, 1.54) is 12.0 Å². The summed E-state index contributed by atoms with van der Waals surface area (Å²) in [6, 6.07) is 8.58. The number of likely N-dealkylation sites (tertiary alicyclic amines) is 1. The highest BCUT2D eigenvalue weighted by Crippen LogP contribution is 2.44. The second kappa shape index (κ2) is 6.56. The predicted octanol–water partition coefficient (Wildman–Crippen LogP) is 2.54. The van der Waals surface area contributed by atoms with Gasteiger partial charge in [-0.2, -0.15) is 0 Å². The van der Waals surface area contributed by atoms with Crippen molar-refractivity contribution >= 4 is 12.1 Å². The topological polar surface area (TPSA) is 55.8 Å². The molecule has 1 amide bonds. The lowest BCUT2D eigenvalue weighted by Crippen LogP contribution is -2.44. The minimum absolute atomic E-state index is 0.00150. The first kappa shape index (κ1) is 15.8. The van der Waals surface area contributed by atoms with E-state index in [4.69, 9.17) is 9.47 Å². The zero-order chi connectivity index (χ0) is 16.4. The predicted molar refractivity (Wildman–Crippen MR) is 80.2 cm³/mol. The number of ether oxygens (including phenoxy) is 2. The lowest BCUT2D eigenvalue weighted by Gasteiger charge is -2.25. The van der Waals surface area contributed by atoms with Gasteiger partial charge in [0.2, 0.25) is 0 Å². The molecule has 0 spiro atoms. The maximum atomic E-state index is 13.6. The fourth-order valence-electron chi connectivity index (χ4n) is 3.69. The lowest BCUT2D eigenvalue weighted by atomic mass is 9.94. The second-order valence-electron chi connectivity index (χ2n) is 6.15. The Labute approximate surface area is 134 Å². The van der Waals surface area contributed by atoms with Gasteiger partial charge in [-0.15, -0.1) is 0 Å². The Balaban J connectivity index is 1.68. The summed E-state index contributed by atoms with van der Waals surface area (Å²) in [5.74, 6) is -0.677. The molecule has 0 bridgehead atoms. The number of rotatable bonds is 3. The van der Waals surface area contributed by atoms with Crippen LogP contribution in [0, 0.1) is 11.8 Å². The molecule has 1 aliphatic carbocycles. The fourth-order valence-corrected chi connectivity index (χ4v) is 3.69. The zero-order valence-electron chi connectivity index (χ0n) is 13.0. The van der Waals surface area contributed by atoms with Crippen molar-refractivity contribution in [1.82, 2.24) is 4.90 Å². The van der Waals surface area contributed by atoms with Gasteiger partial charge >= 0.3 is 12.1 Å². The Bertz CT molecular complexity index is 579. The first-order valence-corrected chi connectivity index (χ1v) is 7.79. The zero-order valence-corrected chi connectivity index (χ0v) is 13.0. The average Bonchev–Trinajstić information content (AvgIpc) is 3.08. The van der Waals surface area contributed by atoms with Crippen LogP contribution in [-0.4, -0.2) is 42.8 Å². The van der Waals surface area contributed by atoms with Crippen LogP contribution in [0.5, 0.6) is 0 Å². The lowest BCUT2D eigenvalue weighted by molar-refractivity contribution is -0.146. The van der Waals surface area contributed by atoms with Gasteiger partial charge in [-0.3, -0.25) is 4.90 Å². The van der Waals surface area contributed by atoms with Crippen molar-refractivity contribution < 1.29 is 23.5 Å². The molecule has 1 saturated heterocycles. The summed E-state index contributed by atoms with van der Waals surface area (Å²) >= 11 is 0. The summed E-state index contributed by atoms with van der Waals surface area (Å²) in [5, 5.41) is 0. The van der Waals surface area contributed by atoms with Gasteiger partial charge in [0.05, 0.1) is 7.11 Å². The van der Waals surface area contributed by atoms with E-state index in [-0.39, 0.29) is 18.4 Å². The highest BCUT2D eigenvalue weighted by atomic mass is 19.1. The third-order valence-electron chi connectivity index (χ3n) is 4.75. The van der Waals surface area contributed by atoms with E-state index < -0.39 is 24.3 Å². The van der Waals surface area contributed by atoms with Crippen molar-refractivity contribution in [1.29, 1.82) is 0 Å². The molecule has 124 valence electrons. The van der Waals surface area contributed by atoms with Gasteiger partial charge < -0.3 is 9.47 Å². The van der Waals surface area contributed by atoms with Crippen LogP contribution in [0.3, 0.4) is 0 Å².